The number of amides is 1. The van der Waals surface area contributed by atoms with Crippen LogP contribution in [0.4, 0.5) is 5.13 Å². The quantitative estimate of drug-likeness (QED) is 0.430. The molecule has 0 radical (unpaired) electrons. The van der Waals surface area contributed by atoms with Crippen LogP contribution in [0.25, 0.3) is 16.3 Å². The monoisotopic (exact) mass is 415 g/mol. The van der Waals surface area contributed by atoms with E-state index < -0.39 is 0 Å². The van der Waals surface area contributed by atoms with Crippen LogP contribution in [0, 0.1) is 0 Å². The molecule has 0 saturated heterocycles. The van der Waals surface area contributed by atoms with Gasteiger partial charge >= 0.3 is 0 Å². The molecule has 1 heterocycles. The topological polar surface area (TPSA) is 54.0 Å². The van der Waals surface area contributed by atoms with E-state index in [9.17, 15) is 4.79 Å². The summed E-state index contributed by atoms with van der Waals surface area (Å²) in [4.78, 5) is 16.4. The van der Waals surface area contributed by atoms with Crippen molar-refractivity contribution in [1.82, 2.24) is 10.3 Å². The first-order valence-corrected chi connectivity index (χ1v) is 9.97. The minimum Gasteiger partial charge on any atom is -0.308 e. The maximum atomic E-state index is 12.1. The highest BCUT2D eigenvalue weighted by Gasteiger charge is 2.09. The molecule has 27 heavy (non-hydrogen) atoms. The second kappa shape index (κ2) is 8.61. The largest absolute Gasteiger partial charge is 0.308 e. The summed E-state index contributed by atoms with van der Waals surface area (Å²) >= 11 is 12.7. The SMILES string of the molecule is CC(C)c1ccc(/C=C/C(=O)NC(=S)Nc2nc3c(Cl)cccc3s2)cc1. The third kappa shape index (κ3) is 5.13. The highest BCUT2D eigenvalue weighted by molar-refractivity contribution is 7.80. The first-order chi connectivity index (χ1) is 12.9. The number of carbonyl (C=O) groups is 1. The Morgan fingerprint density at radius 2 is 1.96 bits per heavy atom. The van der Waals surface area contributed by atoms with Crippen molar-refractivity contribution >= 4 is 67.6 Å². The Bertz CT molecular complexity index is 1010. The molecule has 2 aromatic carbocycles. The van der Waals surface area contributed by atoms with Crippen LogP contribution in [0.5, 0.6) is 0 Å². The number of fused-ring (bicyclic) bond motifs is 1. The Kier molecular flexibility index (Phi) is 6.21. The second-order valence-corrected chi connectivity index (χ2v) is 8.05. The number of anilines is 1. The summed E-state index contributed by atoms with van der Waals surface area (Å²) in [6, 6.07) is 13.7. The molecule has 0 bridgehead atoms. The Morgan fingerprint density at radius 1 is 1.22 bits per heavy atom. The van der Waals surface area contributed by atoms with Crippen LogP contribution in [-0.4, -0.2) is 16.0 Å². The smallest absolute Gasteiger partial charge is 0.250 e. The predicted octanol–water partition coefficient (Wildman–Crippen LogP) is 5.60. The maximum Gasteiger partial charge on any atom is 0.250 e. The molecule has 0 unspecified atom stereocenters. The molecule has 0 saturated carbocycles. The summed E-state index contributed by atoms with van der Waals surface area (Å²) < 4.78 is 0.948. The number of halogens is 1. The summed E-state index contributed by atoms with van der Waals surface area (Å²) in [5, 5.41) is 6.89. The van der Waals surface area contributed by atoms with Gasteiger partial charge in [-0.1, -0.05) is 67.1 Å². The van der Waals surface area contributed by atoms with Crippen molar-refractivity contribution in [1.29, 1.82) is 0 Å². The Labute approximate surface area is 172 Å². The van der Waals surface area contributed by atoms with Gasteiger partial charge in [0, 0.05) is 6.08 Å². The lowest BCUT2D eigenvalue weighted by atomic mass is 10.0. The molecular formula is C20H18ClN3OS2. The molecule has 2 N–H and O–H groups in total. The molecule has 0 spiro atoms. The van der Waals surface area contributed by atoms with E-state index in [0.717, 1.165) is 10.3 Å². The van der Waals surface area contributed by atoms with Gasteiger partial charge in [0.1, 0.15) is 5.52 Å². The summed E-state index contributed by atoms with van der Waals surface area (Å²) in [5.41, 5.74) is 2.93. The van der Waals surface area contributed by atoms with Crippen LogP contribution >= 0.6 is 35.2 Å². The third-order valence-electron chi connectivity index (χ3n) is 3.86. The maximum absolute atomic E-state index is 12.1. The van der Waals surface area contributed by atoms with Gasteiger partial charge < -0.3 is 5.32 Å². The van der Waals surface area contributed by atoms with Crippen molar-refractivity contribution in [2.24, 2.45) is 0 Å². The van der Waals surface area contributed by atoms with Crippen LogP contribution in [0.15, 0.2) is 48.5 Å². The predicted molar refractivity (Wildman–Crippen MR) is 119 cm³/mol. The molecule has 0 atom stereocenters. The molecule has 0 aliphatic carbocycles. The fourth-order valence-electron chi connectivity index (χ4n) is 2.41. The summed E-state index contributed by atoms with van der Waals surface area (Å²) in [6.07, 6.45) is 3.20. The Balaban J connectivity index is 1.58. The number of hydrogen-bond donors (Lipinski definition) is 2. The van der Waals surface area contributed by atoms with Crippen molar-refractivity contribution in [2.45, 2.75) is 19.8 Å². The zero-order valence-electron chi connectivity index (χ0n) is 14.8. The molecule has 1 aromatic heterocycles. The van der Waals surface area contributed by atoms with Gasteiger partial charge in [0.05, 0.1) is 9.72 Å². The van der Waals surface area contributed by atoms with Gasteiger partial charge in [0.25, 0.3) is 0 Å². The first-order valence-electron chi connectivity index (χ1n) is 8.37. The van der Waals surface area contributed by atoms with Gasteiger partial charge in [-0.3, -0.25) is 10.1 Å². The van der Waals surface area contributed by atoms with Crippen molar-refractivity contribution < 1.29 is 4.79 Å². The van der Waals surface area contributed by atoms with Crippen LogP contribution in [-0.2, 0) is 4.79 Å². The number of benzene rings is 2. The van der Waals surface area contributed by atoms with Crippen LogP contribution < -0.4 is 10.6 Å². The molecular weight excluding hydrogens is 398 g/mol. The zero-order chi connectivity index (χ0) is 19.4. The molecule has 4 nitrogen and oxygen atoms in total. The molecule has 1 amide bonds. The van der Waals surface area contributed by atoms with E-state index in [1.54, 1.807) is 12.1 Å². The lowest BCUT2D eigenvalue weighted by Crippen LogP contribution is -2.32. The summed E-state index contributed by atoms with van der Waals surface area (Å²) in [5.74, 6) is 0.173. The number of para-hydroxylation sites is 1. The minimum absolute atomic E-state index is 0.190. The van der Waals surface area contributed by atoms with Gasteiger partial charge in [-0.25, -0.2) is 4.98 Å². The van der Waals surface area contributed by atoms with Crippen molar-refractivity contribution in [3.63, 3.8) is 0 Å². The zero-order valence-corrected chi connectivity index (χ0v) is 17.2. The number of nitrogens with zero attached hydrogens (tertiary/aromatic N) is 1. The van der Waals surface area contributed by atoms with Crippen LogP contribution in [0.3, 0.4) is 0 Å². The van der Waals surface area contributed by atoms with Crippen molar-refractivity contribution in [3.05, 3.63) is 64.7 Å². The van der Waals surface area contributed by atoms with E-state index in [4.69, 9.17) is 23.8 Å². The van der Waals surface area contributed by atoms with E-state index >= 15 is 0 Å². The van der Waals surface area contributed by atoms with E-state index in [1.807, 2.05) is 24.3 Å². The molecule has 0 fully saturated rings. The highest BCUT2D eigenvalue weighted by Crippen LogP contribution is 2.30. The number of rotatable bonds is 4. The van der Waals surface area contributed by atoms with Crippen molar-refractivity contribution in [2.75, 3.05) is 5.32 Å². The average molecular weight is 416 g/mol. The molecule has 0 aliphatic rings. The molecule has 3 aromatic rings. The normalized spacial score (nSPS) is 11.3. The van der Waals surface area contributed by atoms with E-state index in [1.165, 1.54) is 23.0 Å². The van der Waals surface area contributed by atoms with Crippen LogP contribution in [0.1, 0.15) is 30.9 Å². The second-order valence-electron chi connectivity index (χ2n) is 6.20. The highest BCUT2D eigenvalue weighted by atomic mass is 35.5. The number of nitrogens with one attached hydrogen (secondary N) is 2. The fourth-order valence-corrected chi connectivity index (χ4v) is 3.85. The lowest BCUT2D eigenvalue weighted by Gasteiger charge is -2.05. The molecule has 0 aliphatic heterocycles. The number of thiocarbonyl (C=S) groups is 1. The Morgan fingerprint density at radius 3 is 2.63 bits per heavy atom. The molecule has 138 valence electrons. The van der Waals surface area contributed by atoms with Gasteiger partial charge in [-0.2, -0.15) is 0 Å². The number of thiazole rings is 1. The van der Waals surface area contributed by atoms with E-state index in [2.05, 4.69) is 41.6 Å². The molecule has 3 rings (SSSR count). The number of aromatic nitrogens is 1. The molecule has 7 heteroatoms. The average Bonchev–Trinajstić information content (AvgIpc) is 3.04. The number of carbonyl (C=O) groups excluding carboxylic acids is 1. The lowest BCUT2D eigenvalue weighted by molar-refractivity contribution is -0.115. The van der Waals surface area contributed by atoms with Gasteiger partial charge in [0.2, 0.25) is 5.91 Å². The van der Waals surface area contributed by atoms with Gasteiger partial charge in [-0.15, -0.1) is 0 Å². The van der Waals surface area contributed by atoms with E-state index in [0.29, 0.717) is 21.6 Å². The van der Waals surface area contributed by atoms with Crippen molar-refractivity contribution in [3.8, 4) is 0 Å². The van der Waals surface area contributed by atoms with Crippen LogP contribution in [0.2, 0.25) is 5.02 Å². The minimum atomic E-state index is -0.306. The van der Waals surface area contributed by atoms with Gasteiger partial charge in [0.15, 0.2) is 10.2 Å². The summed E-state index contributed by atoms with van der Waals surface area (Å²) in [6.45, 7) is 4.29. The summed E-state index contributed by atoms with van der Waals surface area (Å²) in [7, 11) is 0. The van der Waals surface area contributed by atoms with E-state index in [-0.39, 0.29) is 11.0 Å². The standard InChI is InChI=1S/C20H18ClN3OS2/c1-12(2)14-9-6-13(7-10-14)8-11-17(25)22-19(26)24-20-23-18-15(21)4-3-5-16(18)27-20/h3-12H,1-2H3,(H2,22,23,24,25,26)/b11-8+. The Hall–Kier alpha value is -2.28. The fraction of sp³-hybridized carbons (Fsp3) is 0.150. The number of hydrogen-bond acceptors (Lipinski definition) is 4. The van der Waals surface area contributed by atoms with Gasteiger partial charge in [-0.05, 0) is 47.5 Å². The third-order valence-corrected chi connectivity index (χ3v) is 5.30. The first kappa shape index (κ1) is 19.5.